The standard InChI is InChI=1S/C17H18F2N4O2/c18-10-7-12-13(8-11(10)19)22-15(21-12)16(25)20-9-14(24)23-5-3-17(1-2-17)4-6-23/h7-8H,1-6,9H2,(H,20,25)(H,21,22). The Labute approximate surface area is 142 Å². The molecule has 2 fully saturated rings. The number of amides is 2. The summed E-state index contributed by atoms with van der Waals surface area (Å²) in [6.07, 6.45) is 4.60. The second-order valence-electron chi connectivity index (χ2n) is 6.93. The number of aromatic amines is 1. The van der Waals surface area contributed by atoms with Gasteiger partial charge in [-0.25, -0.2) is 13.8 Å². The number of benzene rings is 1. The van der Waals surface area contributed by atoms with Gasteiger partial charge in [0.25, 0.3) is 5.91 Å². The fourth-order valence-corrected chi connectivity index (χ4v) is 3.37. The molecule has 8 heteroatoms. The van der Waals surface area contributed by atoms with Crippen LogP contribution in [-0.2, 0) is 4.79 Å². The highest BCUT2D eigenvalue weighted by atomic mass is 19.2. The molecular weight excluding hydrogens is 330 g/mol. The Balaban J connectivity index is 1.36. The smallest absolute Gasteiger partial charge is 0.287 e. The second-order valence-corrected chi connectivity index (χ2v) is 6.93. The summed E-state index contributed by atoms with van der Waals surface area (Å²) in [5.74, 6) is -2.84. The van der Waals surface area contributed by atoms with Gasteiger partial charge in [0.2, 0.25) is 5.91 Å². The lowest BCUT2D eigenvalue weighted by Gasteiger charge is -2.32. The first-order chi connectivity index (χ1) is 12.0. The number of imidazole rings is 1. The Morgan fingerprint density at radius 2 is 1.84 bits per heavy atom. The minimum Gasteiger partial charge on any atom is -0.341 e. The summed E-state index contributed by atoms with van der Waals surface area (Å²) in [5, 5.41) is 2.51. The van der Waals surface area contributed by atoms with Gasteiger partial charge in [0.05, 0.1) is 17.6 Å². The number of carbonyl (C=O) groups is 2. The van der Waals surface area contributed by atoms with Crippen LogP contribution in [-0.4, -0.2) is 46.3 Å². The minimum absolute atomic E-state index is 0.0802. The zero-order valence-corrected chi connectivity index (χ0v) is 13.6. The van der Waals surface area contributed by atoms with Crippen molar-refractivity contribution in [1.29, 1.82) is 0 Å². The summed E-state index contributed by atoms with van der Waals surface area (Å²) in [4.78, 5) is 32.7. The number of rotatable bonds is 3. The maximum absolute atomic E-state index is 13.2. The van der Waals surface area contributed by atoms with Gasteiger partial charge >= 0.3 is 0 Å². The second kappa shape index (κ2) is 5.79. The van der Waals surface area contributed by atoms with Gasteiger partial charge in [-0.3, -0.25) is 9.59 Å². The van der Waals surface area contributed by atoms with Crippen LogP contribution in [0.2, 0.25) is 0 Å². The SMILES string of the molecule is O=C(NCC(=O)N1CCC2(CC1)CC2)c1nc2cc(F)c(F)cc2[nH]1. The van der Waals surface area contributed by atoms with Crippen molar-refractivity contribution >= 4 is 22.8 Å². The molecule has 0 radical (unpaired) electrons. The third kappa shape index (κ3) is 3.08. The Morgan fingerprint density at radius 1 is 1.16 bits per heavy atom. The van der Waals surface area contributed by atoms with Crippen LogP contribution >= 0.6 is 0 Å². The first kappa shape index (κ1) is 16.0. The molecule has 0 atom stereocenters. The van der Waals surface area contributed by atoms with Crippen molar-refractivity contribution < 1.29 is 18.4 Å². The molecule has 1 aromatic heterocycles. The van der Waals surface area contributed by atoms with Gasteiger partial charge in [0.15, 0.2) is 17.5 Å². The third-order valence-electron chi connectivity index (χ3n) is 5.27. The Morgan fingerprint density at radius 3 is 2.52 bits per heavy atom. The van der Waals surface area contributed by atoms with Crippen LogP contribution in [0.25, 0.3) is 11.0 Å². The fourth-order valence-electron chi connectivity index (χ4n) is 3.37. The molecule has 2 aliphatic rings. The zero-order valence-electron chi connectivity index (χ0n) is 13.6. The van der Waals surface area contributed by atoms with Crippen molar-refractivity contribution in [3.05, 3.63) is 29.6 Å². The molecule has 1 saturated carbocycles. The number of H-pyrrole nitrogens is 1. The lowest BCUT2D eigenvalue weighted by molar-refractivity contribution is -0.131. The molecule has 6 nitrogen and oxygen atoms in total. The number of aromatic nitrogens is 2. The van der Waals surface area contributed by atoms with E-state index in [1.165, 1.54) is 12.8 Å². The minimum atomic E-state index is -1.03. The van der Waals surface area contributed by atoms with Crippen LogP contribution in [0.3, 0.4) is 0 Å². The maximum Gasteiger partial charge on any atom is 0.287 e. The van der Waals surface area contributed by atoms with Crippen LogP contribution in [0, 0.1) is 17.0 Å². The zero-order chi connectivity index (χ0) is 17.6. The van der Waals surface area contributed by atoms with Gasteiger partial charge in [0.1, 0.15) is 0 Å². The van der Waals surface area contributed by atoms with Crippen molar-refractivity contribution in [3.8, 4) is 0 Å². The summed E-state index contributed by atoms with van der Waals surface area (Å²) in [6.45, 7) is 1.35. The number of hydrogen-bond donors (Lipinski definition) is 2. The van der Waals surface area contributed by atoms with Gasteiger partial charge in [-0.05, 0) is 31.1 Å². The average Bonchev–Trinajstić information content (AvgIpc) is 3.22. The number of carbonyl (C=O) groups excluding carboxylic acids is 2. The van der Waals surface area contributed by atoms with Gasteiger partial charge in [-0.2, -0.15) is 0 Å². The predicted molar refractivity (Wildman–Crippen MR) is 85.8 cm³/mol. The molecule has 4 rings (SSSR count). The van der Waals surface area contributed by atoms with Crippen LogP contribution < -0.4 is 5.32 Å². The third-order valence-corrected chi connectivity index (χ3v) is 5.27. The van der Waals surface area contributed by atoms with Gasteiger partial charge in [0, 0.05) is 25.2 Å². The first-order valence-electron chi connectivity index (χ1n) is 8.37. The molecule has 0 bridgehead atoms. The van der Waals surface area contributed by atoms with Crippen LogP contribution in [0.4, 0.5) is 8.78 Å². The summed E-state index contributed by atoms with van der Waals surface area (Å²) < 4.78 is 26.4. The first-order valence-corrected chi connectivity index (χ1v) is 8.37. The lowest BCUT2D eigenvalue weighted by Crippen LogP contribution is -2.44. The molecular formula is C17H18F2N4O2. The lowest BCUT2D eigenvalue weighted by atomic mass is 9.94. The van der Waals surface area contributed by atoms with E-state index >= 15 is 0 Å². The van der Waals surface area contributed by atoms with Crippen LogP contribution in [0.1, 0.15) is 36.3 Å². The predicted octanol–water partition coefficient (Wildman–Crippen LogP) is 1.97. The van der Waals surface area contributed by atoms with E-state index in [2.05, 4.69) is 15.3 Å². The van der Waals surface area contributed by atoms with E-state index in [1.807, 2.05) is 0 Å². The monoisotopic (exact) mass is 348 g/mol. The number of hydrogen-bond acceptors (Lipinski definition) is 3. The molecule has 1 aromatic carbocycles. The Bertz CT molecular complexity index is 811. The highest BCUT2D eigenvalue weighted by Crippen LogP contribution is 2.53. The Kier molecular flexibility index (Phi) is 3.70. The topological polar surface area (TPSA) is 78.1 Å². The fraction of sp³-hybridized carbons (Fsp3) is 0.471. The highest BCUT2D eigenvalue weighted by Gasteiger charge is 2.44. The van der Waals surface area contributed by atoms with Gasteiger partial charge in [-0.15, -0.1) is 0 Å². The quantitative estimate of drug-likeness (QED) is 0.890. The van der Waals surface area contributed by atoms with Crippen LogP contribution in [0.5, 0.6) is 0 Å². The number of nitrogens with zero attached hydrogens (tertiary/aromatic N) is 2. The van der Waals surface area contributed by atoms with Crippen molar-refractivity contribution in [2.75, 3.05) is 19.6 Å². The molecule has 2 N–H and O–H groups in total. The Hall–Kier alpha value is -2.51. The molecule has 132 valence electrons. The van der Waals surface area contributed by atoms with Crippen molar-refractivity contribution in [2.45, 2.75) is 25.7 Å². The maximum atomic E-state index is 13.2. The summed E-state index contributed by atoms with van der Waals surface area (Å²) >= 11 is 0. The van der Waals surface area contributed by atoms with E-state index < -0.39 is 17.5 Å². The van der Waals surface area contributed by atoms with Crippen molar-refractivity contribution in [3.63, 3.8) is 0 Å². The average molecular weight is 348 g/mol. The number of fused-ring (bicyclic) bond motifs is 1. The number of likely N-dealkylation sites (tertiary alicyclic amines) is 1. The van der Waals surface area contributed by atoms with Gasteiger partial charge in [-0.1, -0.05) is 0 Å². The molecule has 1 aliphatic carbocycles. The normalized spacial score (nSPS) is 18.6. The molecule has 2 heterocycles. The van der Waals surface area contributed by atoms with E-state index in [9.17, 15) is 18.4 Å². The summed E-state index contributed by atoms with van der Waals surface area (Å²) in [7, 11) is 0. The largest absolute Gasteiger partial charge is 0.341 e. The van der Waals surface area contributed by atoms with Gasteiger partial charge < -0.3 is 15.2 Å². The molecule has 0 unspecified atom stereocenters. The van der Waals surface area contributed by atoms with Crippen LogP contribution in [0.15, 0.2) is 12.1 Å². The summed E-state index contributed by atoms with van der Waals surface area (Å²) in [6, 6.07) is 1.87. The van der Waals surface area contributed by atoms with E-state index in [-0.39, 0.29) is 29.3 Å². The number of halogens is 2. The summed E-state index contributed by atoms with van der Waals surface area (Å²) in [5.41, 5.74) is 0.862. The molecule has 25 heavy (non-hydrogen) atoms. The van der Waals surface area contributed by atoms with E-state index in [1.54, 1.807) is 4.90 Å². The molecule has 1 saturated heterocycles. The van der Waals surface area contributed by atoms with Crippen molar-refractivity contribution in [1.82, 2.24) is 20.2 Å². The molecule has 1 spiro atoms. The molecule has 2 aromatic rings. The van der Waals surface area contributed by atoms with Crippen molar-refractivity contribution in [2.24, 2.45) is 5.41 Å². The van der Waals surface area contributed by atoms with E-state index in [0.29, 0.717) is 5.41 Å². The number of piperidine rings is 1. The molecule has 2 amide bonds. The van der Waals surface area contributed by atoms with E-state index in [0.717, 1.165) is 38.1 Å². The van der Waals surface area contributed by atoms with E-state index in [4.69, 9.17) is 0 Å². The molecule has 1 aliphatic heterocycles. The highest BCUT2D eigenvalue weighted by molar-refractivity contribution is 5.96. The number of nitrogens with one attached hydrogen (secondary N) is 2.